The summed E-state index contributed by atoms with van der Waals surface area (Å²) in [6, 6.07) is 6.22. The van der Waals surface area contributed by atoms with Crippen molar-refractivity contribution >= 4 is 22.5 Å². The molecular weight excluding hydrogens is 220 g/mol. The lowest BCUT2D eigenvalue weighted by molar-refractivity contribution is 0.731. The molecule has 2 nitrogen and oxygen atoms in total. The van der Waals surface area contributed by atoms with E-state index >= 15 is 0 Å². The Morgan fingerprint density at radius 2 is 2.19 bits per heavy atom. The van der Waals surface area contributed by atoms with Gasteiger partial charge in [-0.2, -0.15) is 0 Å². The molecule has 86 valence electrons. The molecule has 2 rings (SSSR count). The van der Waals surface area contributed by atoms with Gasteiger partial charge in [0.2, 0.25) is 0 Å². The highest BCUT2D eigenvalue weighted by atomic mass is 35.5. The molecule has 0 saturated heterocycles. The summed E-state index contributed by atoms with van der Waals surface area (Å²) in [6.07, 6.45) is 3.08. The van der Waals surface area contributed by atoms with Gasteiger partial charge in [0.05, 0.1) is 0 Å². The van der Waals surface area contributed by atoms with Crippen LogP contribution in [0, 0.1) is 0 Å². The predicted molar refractivity (Wildman–Crippen MR) is 70.0 cm³/mol. The molecule has 0 aliphatic heterocycles. The van der Waals surface area contributed by atoms with E-state index < -0.39 is 0 Å². The molecule has 1 atom stereocenters. The van der Waals surface area contributed by atoms with Crippen LogP contribution in [0.4, 0.5) is 0 Å². The lowest BCUT2D eigenvalue weighted by atomic mass is 10.1. The number of aromatic nitrogens is 1. The number of nitrogens with two attached hydrogens (primary N) is 1. The van der Waals surface area contributed by atoms with Gasteiger partial charge in [-0.15, -0.1) is 0 Å². The first-order chi connectivity index (χ1) is 7.61. The van der Waals surface area contributed by atoms with Gasteiger partial charge in [-0.05, 0) is 44.0 Å². The molecule has 16 heavy (non-hydrogen) atoms. The number of fused-ring (bicyclic) bond motifs is 1. The van der Waals surface area contributed by atoms with Crippen LogP contribution in [0.3, 0.4) is 0 Å². The third-order valence-electron chi connectivity index (χ3n) is 2.81. The topological polar surface area (TPSA) is 30.9 Å². The summed E-state index contributed by atoms with van der Waals surface area (Å²) in [5.41, 5.74) is 8.39. The van der Waals surface area contributed by atoms with Crippen LogP contribution < -0.4 is 5.73 Å². The molecule has 1 unspecified atom stereocenters. The van der Waals surface area contributed by atoms with Gasteiger partial charge in [-0.1, -0.05) is 11.6 Å². The van der Waals surface area contributed by atoms with Crippen LogP contribution in [0.2, 0.25) is 5.02 Å². The smallest absolute Gasteiger partial charge is 0.0484 e. The number of aryl methyl sites for hydroxylation is 1. The highest BCUT2D eigenvalue weighted by Gasteiger charge is 2.09. The molecule has 1 heterocycles. The summed E-state index contributed by atoms with van der Waals surface area (Å²) < 4.78 is 2.24. The van der Waals surface area contributed by atoms with Gasteiger partial charge in [0.1, 0.15) is 0 Å². The second kappa shape index (κ2) is 4.48. The van der Waals surface area contributed by atoms with Crippen molar-refractivity contribution in [3.05, 3.63) is 35.0 Å². The molecule has 1 aromatic heterocycles. The fourth-order valence-corrected chi connectivity index (χ4v) is 2.29. The van der Waals surface area contributed by atoms with Crippen molar-refractivity contribution in [1.82, 2.24) is 4.57 Å². The Morgan fingerprint density at radius 1 is 1.44 bits per heavy atom. The molecule has 1 aromatic carbocycles. The Labute approximate surface area is 101 Å². The third-order valence-corrected chi connectivity index (χ3v) is 3.04. The molecule has 0 fully saturated rings. The van der Waals surface area contributed by atoms with Gasteiger partial charge in [0, 0.05) is 34.7 Å². The minimum absolute atomic E-state index is 0.176. The maximum Gasteiger partial charge on any atom is 0.0484 e. The fourth-order valence-electron chi connectivity index (χ4n) is 2.11. The second-order valence-corrected chi connectivity index (χ2v) is 4.72. The second-order valence-electron chi connectivity index (χ2n) is 4.28. The van der Waals surface area contributed by atoms with Gasteiger partial charge in [0.25, 0.3) is 0 Å². The van der Waals surface area contributed by atoms with E-state index in [4.69, 9.17) is 17.3 Å². The van der Waals surface area contributed by atoms with Crippen molar-refractivity contribution in [1.29, 1.82) is 0 Å². The van der Waals surface area contributed by atoms with Crippen LogP contribution in [0.15, 0.2) is 24.4 Å². The standard InChI is InChI=1S/C13H17ClN2/c1-3-16-8-10(6-9(2)15)12-7-11(14)4-5-13(12)16/h4-5,7-9H,3,6,15H2,1-2H3. The first kappa shape index (κ1) is 11.5. The normalized spacial score (nSPS) is 13.2. The number of hydrogen-bond acceptors (Lipinski definition) is 1. The van der Waals surface area contributed by atoms with E-state index in [0.717, 1.165) is 18.0 Å². The molecule has 2 aromatic rings. The minimum Gasteiger partial charge on any atom is -0.347 e. The summed E-state index contributed by atoms with van der Waals surface area (Å²) in [7, 11) is 0. The van der Waals surface area contributed by atoms with Crippen LogP contribution in [0.5, 0.6) is 0 Å². The molecular formula is C13H17ClN2. The number of rotatable bonds is 3. The lowest BCUT2D eigenvalue weighted by Crippen LogP contribution is -2.17. The van der Waals surface area contributed by atoms with Crippen LogP contribution >= 0.6 is 11.6 Å². The first-order valence-corrected chi connectivity index (χ1v) is 6.02. The van der Waals surface area contributed by atoms with Crippen molar-refractivity contribution < 1.29 is 0 Å². The Morgan fingerprint density at radius 3 is 2.81 bits per heavy atom. The van der Waals surface area contributed by atoms with Crippen molar-refractivity contribution in [2.45, 2.75) is 32.9 Å². The van der Waals surface area contributed by atoms with E-state index in [1.807, 2.05) is 19.1 Å². The van der Waals surface area contributed by atoms with Crippen LogP contribution in [-0.2, 0) is 13.0 Å². The van der Waals surface area contributed by atoms with E-state index in [1.165, 1.54) is 16.5 Å². The largest absolute Gasteiger partial charge is 0.347 e. The van der Waals surface area contributed by atoms with Gasteiger partial charge in [-0.25, -0.2) is 0 Å². The predicted octanol–water partition coefficient (Wildman–Crippen LogP) is 3.20. The highest BCUT2D eigenvalue weighted by molar-refractivity contribution is 6.31. The Kier molecular flexibility index (Phi) is 3.22. The molecule has 0 aliphatic rings. The first-order valence-electron chi connectivity index (χ1n) is 5.64. The molecule has 0 radical (unpaired) electrons. The van der Waals surface area contributed by atoms with Gasteiger partial charge in [-0.3, -0.25) is 0 Å². The minimum atomic E-state index is 0.176. The number of benzene rings is 1. The summed E-state index contributed by atoms with van der Waals surface area (Å²) in [5.74, 6) is 0. The Hall–Kier alpha value is -0.990. The number of halogens is 1. The maximum absolute atomic E-state index is 6.04. The highest BCUT2D eigenvalue weighted by Crippen LogP contribution is 2.25. The van der Waals surface area contributed by atoms with Crippen molar-refractivity contribution in [2.75, 3.05) is 0 Å². The summed E-state index contributed by atoms with van der Waals surface area (Å²) >= 11 is 6.04. The van der Waals surface area contributed by atoms with Gasteiger partial charge in [0.15, 0.2) is 0 Å². The fraction of sp³-hybridized carbons (Fsp3) is 0.385. The number of nitrogens with zero attached hydrogens (tertiary/aromatic N) is 1. The zero-order valence-electron chi connectivity index (χ0n) is 9.70. The van der Waals surface area contributed by atoms with Crippen LogP contribution in [0.1, 0.15) is 19.4 Å². The van der Waals surface area contributed by atoms with E-state index in [-0.39, 0.29) is 6.04 Å². The van der Waals surface area contributed by atoms with Crippen molar-refractivity contribution in [3.8, 4) is 0 Å². The monoisotopic (exact) mass is 236 g/mol. The van der Waals surface area contributed by atoms with Crippen molar-refractivity contribution in [2.24, 2.45) is 5.73 Å². The van der Waals surface area contributed by atoms with Crippen LogP contribution in [-0.4, -0.2) is 10.6 Å². The van der Waals surface area contributed by atoms with E-state index in [9.17, 15) is 0 Å². The van der Waals surface area contributed by atoms with Crippen LogP contribution in [0.25, 0.3) is 10.9 Å². The molecule has 0 amide bonds. The average molecular weight is 237 g/mol. The summed E-state index contributed by atoms with van der Waals surface area (Å²) in [5, 5.41) is 2.01. The number of hydrogen-bond donors (Lipinski definition) is 1. The quantitative estimate of drug-likeness (QED) is 0.872. The third kappa shape index (κ3) is 2.08. The molecule has 0 spiro atoms. The van der Waals surface area contributed by atoms with Gasteiger partial charge >= 0.3 is 0 Å². The van der Waals surface area contributed by atoms with Crippen molar-refractivity contribution in [3.63, 3.8) is 0 Å². The van der Waals surface area contributed by atoms with E-state index in [1.54, 1.807) is 0 Å². The molecule has 3 heteroatoms. The van der Waals surface area contributed by atoms with Gasteiger partial charge < -0.3 is 10.3 Å². The Bertz CT molecular complexity index is 500. The molecule has 0 saturated carbocycles. The lowest BCUT2D eigenvalue weighted by Gasteiger charge is -2.02. The molecule has 0 aliphatic carbocycles. The SMILES string of the molecule is CCn1cc(CC(C)N)c2cc(Cl)ccc21. The maximum atomic E-state index is 6.04. The van der Waals surface area contributed by atoms with E-state index in [0.29, 0.717) is 0 Å². The molecule has 2 N–H and O–H groups in total. The Balaban J connectivity index is 2.59. The zero-order chi connectivity index (χ0) is 11.7. The summed E-state index contributed by atoms with van der Waals surface area (Å²) in [6.45, 7) is 5.14. The average Bonchev–Trinajstić information content (AvgIpc) is 2.55. The summed E-state index contributed by atoms with van der Waals surface area (Å²) in [4.78, 5) is 0. The zero-order valence-corrected chi connectivity index (χ0v) is 10.5. The van der Waals surface area contributed by atoms with E-state index in [2.05, 4.69) is 23.8 Å². The molecule has 0 bridgehead atoms.